The predicted octanol–water partition coefficient (Wildman–Crippen LogP) is 4.43. The van der Waals surface area contributed by atoms with Gasteiger partial charge in [0.25, 0.3) is 0 Å². The molecule has 0 aliphatic rings. The van der Waals surface area contributed by atoms with Gasteiger partial charge in [0.15, 0.2) is 23.0 Å². The topological polar surface area (TPSA) is 83.8 Å². The summed E-state index contributed by atoms with van der Waals surface area (Å²) in [5, 5.41) is 3.02. The molecule has 0 radical (unpaired) electrons. The molecule has 8 nitrogen and oxygen atoms in total. The number of nitrogens with zero attached hydrogens (tertiary/aromatic N) is 2. The Balaban J connectivity index is 1.34. The van der Waals surface area contributed by atoms with E-state index < -0.39 is 0 Å². The van der Waals surface area contributed by atoms with Crippen LogP contribution in [0, 0.1) is 0 Å². The van der Waals surface area contributed by atoms with Gasteiger partial charge < -0.3 is 28.8 Å². The zero-order chi connectivity index (χ0) is 26.0. The molecule has 0 bridgehead atoms. The number of benzene rings is 3. The maximum atomic E-state index is 12.6. The maximum Gasteiger partial charge on any atom is 0.224 e. The second kappa shape index (κ2) is 12.7. The van der Waals surface area contributed by atoms with E-state index in [2.05, 4.69) is 16.0 Å². The second-order valence-corrected chi connectivity index (χ2v) is 8.49. The van der Waals surface area contributed by atoms with E-state index in [1.165, 1.54) is 0 Å². The van der Waals surface area contributed by atoms with E-state index >= 15 is 0 Å². The Hall–Kier alpha value is -4.20. The Morgan fingerprint density at radius 2 is 1.57 bits per heavy atom. The van der Waals surface area contributed by atoms with Gasteiger partial charge in [-0.25, -0.2) is 4.98 Å². The molecule has 0 unspecified atom stereocenters. The van der Waals surface area contributed by atoms with Gasteiger partial charge in [0.2, 0.25) is 5.91 Å². The molecule has 1 heterocycles. The lowest BCUT2D eigenvalue weighted by atomic mass is 10.1. The molecule has 194 valence electrons. The molecular weight excluding hydrogens is 470 g/mol. The lowest BCUT2D eigenvalue weighted by Gasteiger charge is -2.13. The summed E-state index contributed by atoms with van der Waals surface area (Å²) in [5.74, 6) is 3.58. The van der Waals surface area contributed by atoms with E-state index in [-0.39, 0.29) is 12.3 Å². The van der Waals surface area contributed by atoms with Gasteiger partial charge in [-0.3, -0.25) is 4.79 Å². The Labute approximate surface area is 217 Å². The molecular formula is C29H33N3O5. The zero-order valence-electron chi connectivity index (χ0n) is 21.5. The minimum Gasteiger partial charge on any atom is -0.493 e. The highest BCUT2D eigenvalue weighted by molar-refractivity contribution is 5.79. The minimum atomic E-state index is -0.0555. The molecule has 0 aliphatic carbocycles. The third-order valence-corrected chi connectivity index (χ3v) is 6.07. The first-order valence-electron chi connectivity index (χ1n) is 12.3. The van der Waals surface area contributed by atoms with Crippen LogP contribution in [0.5, 0.6) is 23.0 Å². The molecule has 0 aliphatic heterocycles. The average molecular weight is 504 g/mol. The number of hydrogen-bond donors (Lipinski definition) is 1. The highest BCUT2D eigenvalue weighted by atomic mass is 16.5. The summed E-state index contributed by atoms with van der Waals surface area (Å²) in [6.07, 6.45) is 1.69. The lowest BCUT2D eigenvalue weighted by Crippen LogP contribution is -2.28. The van der Waals surface area contributed by atoms with E-state index in [0.717, 1.165) is 46.9 Å². The van der Waals surface area contributed by atoms with Crippen molar-refractivity contribution in [2.45, 2.75) is 25.8 Å². The third kappa shape index (κ3) is 6.52. The van der Waals surface area contributed by atoms with Crippen LogP contribution in [0.15, 0.2) is 66.7 Å². The summed E-state index contributed by atoms with van der Waals surface area (Å²) < 4.78 is 24.1. The number of imidazole rings is 1. The van der Waals surface area contributed by atoms with Gasteiger partial charge in [0, 0.05) is 19.5 Å². The Morgan fingerprint density at radius 1 is 0.865 bits per heavy atom. The van der Waals surface area contributed by atoms with Crippen molar-refractivity contribution >= 4 is 16.9 Å². The Kier molecular flexibility index (Phi) is 8.86. The highest BCUT2D eigenvalue weighted by Crippen LogP contribution is 2.28. The number of aromatic nitrogens is 2. The average Bonchev–Trinajstić information content (AvgIpc) is 3.28. The normalized spacial score (nSPS) is 10.8. The van der Waals surface area contributed by atoms with Crippen molar-refractivity contribution in [1.82, 2.24) is 14.9 Å². The van der Waals surface area contributed by atoms with Crippen LogP contribution in [-0.4, -0.2) is 49.9 Å². The van der Waals surface area contributed by atoms with Gasteiger partial charge in [0.1, 0.15) is 5.82 Å². The third-order valence-electron chi connectivity index (χ3n) is 6.07. The number of aryl methyl sites for hydroxylation is 1. The standard InChI is InChI=1S/C29H33N3O5/c1-34-24-11-6-7-12-26(24)37-18-8-17-32-23-10-5-4-9-22(23)31-28(32)15-16-30-29(33)20-21-13-14-25(35-2)27(19-21)36-3/h4-7,9-14,19H,8,15-18,20H2,1-3H3,(H,30,33). The van der Waals surface area contributed by atoms with Crippen molar-refractivity contribution in [3.8, 4) is 23.0 Å². The zero-order valence-corrected chi connectivity index (χ0v) is 21.5. The van der Waals surface area contributed by atoms with Gasteiger partial charge in [-0.05, 0) is 48.4 Å². The van der Waals surface area contributed by atoms with Crippen molar-refractivity contribution in [2.75, 3.05) is 34.5 Å². The van der Waals surface area contributed by atoms with Crippen LogP contribution in [-0.2, 0) is 24.2 Å². The van der Waals surface area contributed by atoms with Crippen LogP contribution in [0.2, 0.25) is 0 Å². The number of amides is 1. The fraction of sp³-hybridized carbons (Fsp3) is 0.310. The number of fused-ring (bicyclic) bond motifs is 1. The molecule has 0 saturated carbocycles. The molecule has 1 amide bonds. The van der Waals surface area contributed by atoms with Crippen LogP contribution < -0.4 is 24.3 Å². The first-order valence-corrected chi connectivity index (χ1v) is 12.3. The molecule has 37 heavy (non-hydrogen) atoms. The van der Waals surface area contributed by atoms with Crippen molar-refractivity contribution < 1.29 is 23.7 Å². The fourth-order valence-corrected chi connectivity index (χ4v) is 4.26. The summed E-state index contributed by atoms with van der Waals surface area (Å²) in [7, 11) is 4.81. The van der Waals surface area contributed by atoms with Crippen LogP contribution >= 0.6 is 0 Å². The van der Waals surface area contributed by atoms with E-state index in [9.17, 15) is 4.79 Å². The van der Waals surface area contributed by atoms with Crippen LogP contribution in [0.25, 0.3) is 11.0 Å². The summed E-state index contributed by atoms with van der Waals surface area (Å²) in [5.41, 5.74) is 2.88. The number of methoxy groups -OCH3 is 3. The van der Waals surface area contributed by atoms with Gasteiger partial charge in [0.05, 0.1) is 45.4 Å². The second-order valence-electron chi connectivity index (χ2n) is 8.49. The fourth-order valence-electron chi connectivity index (χ4n) is 4.26. The van der Waals surface area contributed by atoms with Crippen LogP contribution in [0.1, 0.15) is 17.8 Å². The van der Waals surface area contributed by atoms with E-state index in [1.54, 1.807) is 27.4 Å². The molecule has 0 spiro atoms. The molecule has 3 aromatic carbocycles. The van der Waals surface area contributed by atoms with Crippen molar-refractivity contribution in [3.63, 3.8) is 0 Å². The number of para-hydroxylation sites is 4. The summed E-state index contributed by atoms with van der Waals surface area (Å²) in [6.45, 7) is 1.80. The minimum absolute atomic E-state index is 0.0555. The lowest BCUT2D eigenvalue weighted by molar-refractivity contribution is -0.120. The summed E-state index contributed by atoms with van der Waals surface area (Å²) >= 11 is 0. The molecule has 0 atom stereocenters. The largest absolute Gasteiger partial charge is 0.493 e. The van der Waals surface area contributed by atoms with E-state index in [4.69, 9.17) is 23.9 Å². The van der Waals surface area contributed by atoms with Crippen LogP contribution in [0.4, 0.5) is 0 Å². The summed E-state index contributed by atoms with van der Waals surface area (Å²) in [6, 6.07) is 21.2. The number of hydrogen-bond acceptors (Lipinski definition) is 6. The number of rotatable bonds is 13. The highest BCUT2D eigenvalue weighted by Gasteiger charge is 2.12. The number of carbonyl (C=O) groups is 1. The maximum absolute atomic E-state index is 12.6. The quantitative estimate of drug-likeness (QED) is 0.272. The van der Waals surface area contributed by atoms with Crippen molar-refractivity contribution in [2.24, 2.45) is 0 Å². The summed E-state index contributed by atoms with van der Waals surface area (Å²) in [4.78, 5) is 17.4. The first-order chi connectivity index (χ1) is 18.1. The molecule has 0 saturated heterocycles. The number of nitrogens with one attached hydrogen (secondary N) is 1. The molecule has 1 aromatic heterocycles. The first kappa shape index (κ1) is 25.9. The van der Waals surface area contributed by atoms with Gasteiger partial charge in [-0.2, -0.15) is 0 Å². The SMILES string of the molecule is COc1ccc(CC(=O)NCCc2nc3ccccc3n2CCCOc2ccccc2OC)cc1OC. The molecule has 0 fully saturated rings. The molecule has 4 rings (SSSR count). The molecule has 4 aromatic rings. The van der Waals surface area contributed by atoms with Gasteiger partial charge in [-0.1, -0.05) is 30.3 Å². The van der Waals surface area contributed by atoms with Crippen molar-refractivity contribution in [1.29, 1.82) is 0 Å². The Morgan fingerprint density at radius 3 is 2.35 bits per heavy atom. The van der Waals surface area contributed by atoms with Crippen LogP contribution in [0.3, 0.4) is 0 Å². The molecule has 1 N–H and O–H groups in total. The van der Waals surface area contributed by atoms with Gasteiger partial charge in [-0.15, -0.1) is 0 Å². The van der Waals surface area contributed by atoms with E-state index in [0.29, 0.717) is 31.1 Å². The van der Waals surface area contributed by atoms with Gasteiger partial charge >= 0.3 is 0 Å². The predicted molar refractivity (Wildman–Crippen MR) is 143 cm³/mol. The van der Waals surface area contributed by atoms with Crippen molar-refractivity contribution in [3.05, 3.63) is 78.1 Å². The molecule has 8 heteroatoms. The monoisotopic (exact) mass is 503 g/mol. The number of carbonyl (C=O) groups excluding carboxylic acids is 1. The number of ether oxygens (including phenoxy) is 4. The Bertz CT molecular complexity index is 1330. The van der Waals surface area contributed by atoms with E-state index in [1.807, 2.05) is 54.6 Å². The smallest absolute Gasteiger partial charge is 0.224 e.